The lowest BCUT2D eigenvalue weighted by Gasteiger charge is -2.23. The molecule has 1 saturated heterocycles. The highest BCUT2D eigenvalue weighted by atomic mass is 16.4. The van der Waals surface area contributed by atoms with E-state index >= 15 is 0 Å². The Labute approximate surface area is 118 Å². The quantitative estimate of drug-likeness (QED) is 0.749. The molecule has 0 spiro atoms. The van der Waals surface area contributed by atoms with Crippen molar-refractivity contribution in [1.29, 1.82) is 0 Å². The summed E-state index contributed by atoms with van der Waals surface area (Å²) in [4.78, 5) is 23.3. The highest BCUT2D eigenvalue weighted by Gasteiger charge is 2.24. The van der Waals surface area contributed by atoms with E-state index in [1.807, 2.05) is 6.07 Å². The molecule has 1 heterocycles. The molecule has 0 aliphatic carbocycles. The van der Waals surface area contributed by atoms with Gasteiger partial charge in [-0.05, 0) is 24.9 Å². The van der Waals surface area contributed by atoms with E-state index in [0.717, 1.165) is 19.4 Å². The molecule has 5 nitrogen and oxygen atoms in total. The molecular formula is C15H20N2O3. The van der Waals surface area contributed by atoms with Crippen molar-refractivity contribution in [2.45, 2.75) is 18.8 Å². The molecule has 2 atom stereocenters. The lowest BCUT2D eigenvalue weighted by molar-refractivity contribution is -0.138. The molecule has 1 aromatic carbocycles. The number of carboxylic acid groups (broad SMARTS) is 1. The Hall–Kier alpha value is -1.88. The van der Waals surface area contributed by atoms with Gasteiger partial charge >= 0.3 is 5.97 Å². The third-order valence-electron chi connectivity index (χ3n) is 3.65. The number of nitrogens with one attached hydrogen (secondary N) is 2. The van der Waals surface area contributed by atoms with Gasteiger partial charge in [0.25, 0.3) is 0 Å². The zero-order valence-corrected chi connectivity index (χ0v) is 11.3. The van der Waals surface area contributed by atoms with Crippen molar-refractivity contribution in [2.24, 2.45) is 5.92 Å². The first-order chi connectivity index (χ1) is 9.68. The molecule has 1 amide bonds. The van der Waals surface area contributed by atoms with Crippen molar-refractivity contribution in [3.8, 4) is 0 Å². The van der Waals surface area contributed by atoms with Crippen LogP contribution in [0.3, 0.4) is 0 Å². The van der Waals surface area contributed by atoms with Crippen LogP contribution in [0.5, 0.6) is 0 Å². The third kappa shape index (κ3) is 3.81. The van der Waals surface area contributed by atoms with Gasteiger partial charge in [-0.25, -0.2) is 0 Å². The van der Waals surface area contributed by atoms with Crippen LogP contribution in [0.1, 0.15) is 24.3 Å². The summed E-state index contributed by atoms with van der Waals surface area (Å²) < 4.78 is 0. The summed E-state index contributed by atoms with van der Waals surface area (Å²) >= 11 is 0. The highest BCUT2D eigenvalue weighted by Crippen LogP contribution is 2.16. The van der Waals surface area contributed by atoms with Crippen LogP contribution in [0.15, 0.2) is 30.3 Å². The molecule has 0 bridgehead atoms. The maximum absolute atomic E-state index is 12.0. The highest BCUT2D eigenvalue weighted by molar-refractivity contribution is 5.81. The van der Waals surface area contributed by atoms with Crippen LogP contribution in [0.4, 0.5) is 0 Å². The van der Waals surface area contributed by atoms with Gasteiger partial charge in [-0.1, -0.05) is 30.3 Å². The van der Waals surface area contributed by atoms with Crippen molar-refractivity contribution >= 4 is 11.9 Å². The summed E-state index contributed by atoms with van der Waals surface area (Å²) in [6.45, 7) is 1.76. The van der Waals surface area contributed by atoms with Crippen LogP contribution in [0.2, 0.25) is 0 Å². The molecule has 108 valence electrons. The Balaban J connectivity index is 1.92. The minimum atomic E-state index is -0.918. The number of carboxylic acids is 1. The van der Waals surface area contributed by atoms with E-state index in [0.29, 0.717) is 12.1 Å². The van der Waals surface area contributed by atoms with Crippen molar-refractivity contribution in [3.63, 3.8) is 0 Å². The number of carbonyl (C=O) groups excluding carboxylic acids is 1. The Morgan fingerprint density at radius 2 is 2.10 bits per heavy atom. The number of piperidine rings is 1. The standard InChI is InChI=1S/C15H20N2O3/c18-14(12-7-4-8-16-9-12)17-10-13(15(19)20)11-5-2-1-3-6-11/h1-3,5-6,12-13,16H,4,7-10H2,(H,17,18)(H,19,20). The molecular weight excluding hydrogens is 256 g/mol. The van der Waals surface area contributed by atoms with Gasteiger partial charge in [0, 0.05) is 13.1 Å². The van der Waals surface area contributed by atoms with Crippen LogP contribution in [-0.4, -0.2) is 36.6 Å². The zero-order valence-electron chi connectivity index (χ0n) is 11.3. The van der Waals surface area contributed by atoms with E-state index < -0.39 is 11.9 Å². The van der Waals surface area contributed by atoms with Gasteiger partial charge in [-0.3, -0.25) is 9.59 Å². The summed E-state index contributed by atoms with van der Waals surface area (Å²) in [6, 6.07) is 8.99. The predicted octanol–water partition coefficient (Wildman–Crippen LogP) is 0.971. The van der Waals surface area contributed by atoms with Gasteiger partial charge < -0.3 is 15.7 Å². The summed E-state index contributed by atoms with van der Waals surface area (Å²) in [5, 5.41) is 15.2. The fraction of sp³-hybridized carbons (Fsp3) is 0.467. The number of aliphatic carboxylic acids is 1. The summed E-state index contributed by atoms with van der Waals surface area (Å²) in [7, 11) is 0. The molecule has 1 aliphatic heterocycles. The largest absolute Gasteiger partial charge is 0.481 e. The fourth-order valence-electron chi connectivity index (χ4n) is 2.46. The van der Waals surface area contributed by atoms with Crippen LogP contribution < -0.4 is 10.6 Å². The van der Waals surface area contributed by atoms with Gasteiger partial charge in [0.15, 0.2) is 0 Å². The molecule has 1 aromatic rings. The molecule has 2 unspecified atom stereocenters. The Kier molecular flexibility index (Phi) is 5.12. The van der Waals surface area contributed by atoms with Gasteiger partial charge in [-0.2, -0.15) is 0 Å². The maximum Gasteiger partial charge on any atom is 0.312 e. The number of rotatable bonds is 5. The van der Waals surface area contributed by atoms with E-state index in [4.69, 9.17) is 0 Å². The topological polar surface area (TPSA) is 78.4 Å². The van der Waals surface area contributed by atoms with E-state index in [2.05, 4.69) is 10.6 Å². The second-order valence-electron chi connectivity index (χ2n) is 5.09. The van der Waals surface area contributed by atoms with Crippen molar-refractivity contribution in [2.75, 3.05) is 19.6 Å². The monoisotopic (exact) mass is 276 g/mol. The molecule has 3 N–H and O–H groups in total. The van der Waals surface area contributed by atoms with Crippen molar-refractivity contribution in [1.82, 2.24) is 10.6 Å². The van der Waals surface area contributed by atoms with Crippen LogP contribution >= 0.6 is 0 Å². The summed E-state index contributed by atoms with van der Waals surface area (Å²) in [5.41, 5.74) is 0.710. The summed E-state index contributed by atoms with van der Waals surface area (Å²) in [5.74, 6) is -1.72. The molecule has 5 heteroatoms. The number of hydrogen-bond acceptors (Lipinski definition) is 3. The van der Waals surface area contributed by atoms with E-state index in [1.165, 1.54) is 0 Å². The first-order valence-electron chi connectivity index (χ1n) is 6.94. The Bertz CT molecular complexity index is 455. The fourth-order valence-corrected chi connectivity index (χ4v) is 2.46. The molecule has 0 aromatic heterocycles. The summed E-state index contributed by atoms with van der Waals surface area (Å²) in [6.07, 6.45) is 1.85. The average molecular weight is 276 g/mol. The first-order valence-corrected chi connectivity index (χ1v) is 6.94. The lowest BCUT2D eigenvalue weighted by atomic mass is 9.97. The number of amides is 1. The zero-order chi connectivity index (χ0) is 14.4. The number of carbonyl (C=O) groups is 2. The van der Waals surface area contributed by atoms with Gasteiger partial charge in [0.1, 0.15) is 0 Å². The second kappa shape index (κ2) is 7.05. The van der Waals surface area contributed by atoms with Gasteiger partial charge in [0.2, 0.25) is 5.91 Å². The molecule has 20 heavy (non-hydrogen) atoms. The van der Waals surface area contributed by atoms with Gasteiger partial charge in [0.05, 0.1) is 11.8 Å². The molecule has 2 rings (SSSR count). The van der Waals surface area contributed by atoms with Crippen LogP contribution in [0, 0.1) is 5.92 Å². The average Bonchev–Trinajstić information content (AvgIpc) is 2.49. The Morgan fingerprint density at radius 3 is 2.70 bits per heavy atom. The molecule has 0 radical (unpaired) electrons. The number of benzene rings is 1. The number of hydrogen-bond donors (Lipinski definition) is 3. The Morgan fingerprint density at radius 1 is 1.35 bits per heavy atom. The SMILES string of the molecule is O=C(NCC(C(=O)O)c1ccccc1)C1CCCNC1. The smallest absolute Gasteiger partial charge is 0.312 e. The lowest BCUT2D eigenvalue weighted by Crippen LogP contribution is -2.42. The van der Waals surface area contributed by atoms with Gasteiger partial charge in [-0.15, -0.1) is 0 Å². The van der Waals surface area contributed by atoms with Crippen LogP contribution in [0.25, 0.3) is 0 Å². The maximum atomic E-state index is 12.0. The van der Waals surface area contributed by atoms with Crippen molar-refractivity contribution < 1.29 is 14.7 Å². The molecule has 1 aliphatic rings. The minimum Gasteiger partial charge on any atom is -0.481 e. The first kappa shape index (κ1) is 14.5. The van der Waals surface area contributed by atoms with Crippen molar-refractivity contribution in [3.05, 3.63) is 35.9 Å². The molecule has 1 fully saturated rings. The normalized spacial score (nSPS) is 20.1. The van der Waals surface area contributed by atoms with E-state index in [-0.39, 0.29) is 18.4 Å². The second-order valence-corrected chi connectivity index (χ2v) is 5.09. The van der Waals surface area contributed by atoms with Crippen LogP contribution in [-0.2, 0) is 9.59 Å². The minimum absolute atomic E-state index is 0.0473. The van der Waals surface area contributed by atoms with E-state index in [9.17, 15) is 14.7 Å². The van der Waals surface area contributed by atoms with E-state index in [1.54, 1.807) is 24.3 Å². The predicted molar refractivity (Wildman–Crippen MR) is 75.4 cm³/mol. The third-order valence-corrected chi connectivity index (χ3v) is 3.65. The molecule has 0 saturated carbocycles.